The van der Waals surface area contributed by atoms with Gasteiger partial charge in [-0.05, 0) is 6.32 Å². The summed E-state index contributed by atoms with van der Waals surface area (Å²) in [5.74, 6) is 0. The van der Waals surface area contributed by atoms with Crippen LogP contribution in [0.25, 0.3) is 0 Å². The van der Waals surface area contributed by atoms with Crippen molar-refractivity contribution in [2.75, 3.05) is 0 Å². The summed E-state index contributed by atoms with van der Waals surface area (Å²) < 4.78 is 0. The van der Waals surface area contributed by atoms with E-state index in [-0.39, 0.29) is 0 Å². The van der Waals surface area contributed by atoms with Crippen molar-refractivity contribution < 1.29 is 0 Å². The third kappa shape index (κ3) is 2.18. The van der Waals surface area contributed by atoms with Crippen LogP contribution in [0.3, 0.4) is 0 Å². The van der Waals surface area contributed by atoms with Crippen molar-refractivity contribution in [3.8, 4) is 0 Å². The molecule has 1 aromatic heterocycles. The van der Waals surface area contributed by atoms with Gasteiger partial charge in [0.2, 0.25) is 0 Å². The highest BCUT2D eigenvalue weighted by molar-refractivity contribution is 7.09. The zero-order valence-electron chi connectivity index (χ0n) is 5.50. The third-order valence-electron chi connectivity index (χ3n) is 1.12. The second-order valence-corrected chi connectivity index (χ2v) is 2.84. The summed E-state index contributed by atoms with van der Waals surface area (Å²) in [6.45, 7) is 2.15. The van der Waals surface area contributed by atoms with Crippen LogP contribution < -0.4 is 0 Å². The van der Waals surface area contributed by atoms with Gasteiger partial charge in [0.05, 0.1) is 5.51 Å². The van der Waals surface area contributed by atoms with Crippen LogP contribution in [0.15, 0.2) is 11.7 Å². The van der Waals surface area contributed by atoms with Crippen LogP contribution in [0.2, 0.25) is 6.32 Å². The molecule has 0 aliphatic heterocycles. The molecule has 0 spiro atoms. The second kappa shape index (κ2) is 3.67. The third-order valence-corrected chi connectivity index (χ3v) is 1.92. The van der Waals surface area contributed by atoms with Crippen LogP contribution in [0.1, 0.15) is 11.8 Å². The van der Waals surface area contributed by atoms with E-state index in [1.165, 1.54) is 4.88 Å². The van der Waals surface area contributed by atoms with E-state index >= 15 is 0 Å². The van der Waals surface area contributed by atoms with E-state index in [9.17, 15) is 0 Å². The average Bonchev–Trinajstić information content (AvgIpc) is 2.34. The van der Waals surface area contributed by atoms with Crippen LogP contribution in [0.4, 0.5) is 0 Å². The van der Waals surface area contributed by atoms with Gasteiger partial charge < -0.3 is 0 Å². The van der Waals surface area contributed by atoms with Crippen molar-refractivity contribution in [1.82, 2.24) is 4.98 Å². The molecule has 0 bridgehead atoms. The molecule has 1 nitrogen and oxygen atoms in total. The Kier molecular flexibility index (Phi) is 2.78. The molecule has 0 aliphatic carbocycles. The molecule has 9 heavy (non-hydrogen) atoms. The lowest BCUT2D eigenvalue weighted by atomic mass is 9.72. The summed E-state index contributed by atoms with van der Waals surface area (Å²) in [5, 5.41) is 0. The van der Waals surface area contributed by atoms with Gasteiger partial charge in [0.1, 0.15) is 7.28 Å². The second-order valence-electron chi connectivity index (χ2n) is 1.87. The van der Waals surface area contributed by atoms with Crippen molar-refractivity contribution >= 4 is 18.6 Å². The smallest absolute Gasteiger partial charge is 0.116 e. The molecule has 0 amide bonds. The number of aromatic nitrogens is 1. The van der Waals surface area contributed by atoms with Gasteiger partial charge in [-0.3, -0.25) is 4.98 Å². The molecule has 1 aromatic rings. The first-order valence-corrected chi connectivity index (χ1v) is 4.00. The molecule has 0 N–H and O–H groups in total. The van der Waals surface area contributed by atoms with Gasteiger partial charge in [-0.15, -0.1) is 11.3 Å². The summed E-state index contributed by atoms with van der Waals surface area (Å²) in [5.41, 5.74) is 1.87. The predicted molar refractivity (Wildman–Crippen MR) is 42.1 cm³/mol. The molecule has 0 fully saturated rings. The van der Waals surface area contributed by atoms with Crippen molar-refractivity contribution in [3.63, 3.8) is 0 Å². The predicted octanol–water partition coefficient (Wildman–Crippen LogP) is 1.79. The van der Waals surface area contributed by atoms with Gasteiger partial charge in [-0.2, -0.15) is 0 Å². The summed E-state index contributed by atoms with van der Waals surface area (Å²) in [7, 11) is 2.26. The molecule has 3 heteroatoms. The zero-order valence-corrected chi connectivity index (χ0v) is 6.32. The quantitative estimate of drug-likeness (QED) is 0.580. The molecule has 0 saturated carbocycles. The number of hydrogen-bond donors (Lipinski definition) is 0. The highest BCUT2D eigenvalue weighted by Crippen LogP contribution is 2.05. The highest BCUT2D eigenvalue weighted by Gasteiger charge is 1.92. The van der Waals surface area contributed by atoms with Crippen LogP contribution in [0.5, 0.6) is 0 Å². The van der Waals surface area contributed by atoms with Gasteiger partial charge in [-0.25, -0.2) is 0 Å². The first-order valence-electron chi connectivity index (χ1n) is 3.12. The lowest BCUT2D eigenvalue weighted by molar-refractivity contribution is 1.33. The van der Waals surface area contributed by atoms with Crippen LogP contribution >= 0.6 is 11.3 Å². The Labute approximate surface area is 60.4 Å². The topological polar surface area (TPSA) is 12.9 Å². The molecule has 0 aromatic carbocycles. The Bertz CT molecular complexity index is 150. The maximum Gasteiger partial charge on any atom is 0.116 e. The fourth-order valence-corrected chi connectivity index (χ4v) is 1.22. The van der Waals surface area contributed by atoms with Gasteiger partial charge in [0.25, 0.3) is 0 Å². The average molecular weight is 138 g/mol. The zero-order chi connectivity index (χ0) is 6.53. The summed E-state index contributed by atoms with van der Waals surface area (Å²) in [4.78, 5) is 5.33. The normalized spacial score (nSPS) is 9.44. The molecule has 0 aliphatic rings. The number of nitrogens with zero attached hydrogens (tertiary/aromatic N) is 1. The molecule has 0 atom stereocenters. The molecule has 1 heterocycles. The Morgan fingerprint density at radius 3 is 3.22 bits per heavy atom. The van der Waals surface area contributed by atoms with Crippen molar-refractivity contribution in [1.29, 1.82) is 0 Å². The van der Waals surface area contributed by atoms with Crippen molar-refractivity contribution in [3.05, 3.63) is 16.6 Å². The summed E-state index contributed by atoms with van der Waals surface area (Å²) in [6.07, 6.45) is 4.16. The lowest BCUT2D eigenvalue weighted by Gasteiger charge is -1.87. The van der Waals surface area contributed by atoms with E-state index in [1.54, 1.807) is 11.3 Å². The van der Waals surface area contributed by atoms with E-state index in [0.29, 0.717) is 0 Å². The minimum atomic E-state index is 1.08. The van der Waals surface area contributed by atoms with Crippen LogP contribution in [0, 0.1) is 0 Å². The summed E-state index contributed by atoms with van der Waals surface area (Å²) >= 11 is 1.72. The fourth-order valence-electron chi connectivity index (χ4n) is 0.630. The Morgan fingerprint density at radius 2 is 2.67 bits per heavy atom. The van der Waals surface area contributed by atoms with E-state index in [0.717, 1.165) is 12.6 Å². The molecule has 1 rings (SSSR count). The van der Waals surface area contributed by atoms with E-state index in [4.69, 9.17) is 0 Å². The van der Waals surface area contributed by atoms with Gasteiger partial charge in [0, 0.05) is 11.1 Å². The molecule has 0 unspecified atom stereocenters. The van der Waals surface area contributed by atoms with E-state index in [2.05, 4.69) is 19.2 Å². The van der Waals surface area contributed by atoms with Gasteiger partial charge in [0.15, 0.2) is 0 Å². The van der Waals surface area contributed by atoms with E-state index < -0.39 is 0 Å². The lowest BCUT2D eigenvalue weighted by Crippen LogP contribution is -1.90. The van der Waals surface area contributed by atoms with Crippen molar-refractivity contribution in [2.45, 2.75) is 19.6 Å². The minimum Gasteiger partial charge on any atom is -0.253 e. The Hall–Kier alpha value is -0.305. The SMILES string of the molecule is CC[B]Cc1cncs1. The first-order chi connectivity index (χ1) is 4.43. The van der Waals surface area contributed by atoms with Crippen LogP contribution in [-0.2, 0) is 6.32 Å². The monoisotopic (exact) mass is 138 g/mol. The number of rotatable bonds is 3. The maximum absolute atomic E-state index is 3.97. The fraction of sp³-hybridized carbons (Fsp3) is 0.500. The first kappa shape index (κ1) is 6.81. The molecule has 47 valence electrons. The molecular weight excluding hydrogens is 129 g/mol. The Morgan fingerprint density at radius 1 is 1.78 bits per heavy atom. The van der Waals surface area contributed by atoms with Crippen molar-refractivity contribution in [2.24, 2.45) is 0 Å². The minimum absolute atomic E-state index is 1.08. The number of thiazole rings is 1. The molecule has 1 radical (unpaired) electrons. The largest absolute Gasteiger partial charge is 0.253 e. The van der Waals surface area contributed by atoms with Gasteiger partial charge in [-0.1, -0.05) is 13.2 Å². The van der Waals surface area contributed by atoms with Crippen LogP contribution in [-0.4, -0.2) is 12.3 Å². The highest BCUT2D eigenvalue weighted by atomic mass is 32.1. The summed E-state index contributed by atoms with van der Waals surface area (Å²) in [6, 6.07) is 0. The standard InChI is InChI=1S/C6H9BNS/c1-2-7-3-6-4-8-5-9-6/h4-5H,2-3H2,1H3. The number of hydrogen-bond acceptors (Lipinski definition) is 2. The van der Waals surface area contributed by atoms with Gasteiger partial charge >= 0.3 is 0 Å². The molecular formula is C6H9BNS. The maximum atomic E-state index is 3.97. The Balaban J connectivity index is 2.30. The molecule has 0 saturated heterocycles. The van der Waals surface area contributed by atoms with E-state index in [1.807, 2.05) is 11.7 Å².